The van der Waals surface area contributed by atoms with Crippen molar-refractivity contribution in [1.82, 2.24) is 10.2 Å². The van der Waals surface area contributed by atoms with Crippen LogP contribution in [-0.2, 0) is 23.6 Å². The van der Waals surface area contributed by atoms with Crippen LogP contribution in [0.1, 0.15) is 61.3 Å². The topological polar surface area (TPSA) is 86.3 Å². The molecule has 0 saturated carbocycles. The molecule has 2 aliphatic rings. The fourth-order valence-corrected chi connectivity index (χ4v) is 4.11. The number of esters is 1. The van der Waals surface area contributed by atoms with Gasteiger partial charge >= 0.3 is 19.2 Å². The first-order valence-corrected chi connectivity index (χ1v) is 10.8. The second kappa shape index (κ2) is 9.05. The Morgan fingerprint density at radius 2 is 1.73 bits per heavy atom. The number of likely N-dealkylation sites (tertiary alicyclic amines) is 1. The molecule has 1 N–H and O–H groups in total. The van der Waals surface area contributed by atoms with Gasteiger partial charge in [-0.3, -0.25) is 4.90 Å². The lowest BCUT2D eigenvalue weighted by molar-refractivity contribution is -0.147. The molecule has 2 saturated heterocycles. The molecule has 9 heteroatoms. The van der Waals surface area contributed by atoms with Crippen molar-refractivity contribution in [1.29, 1.82) is 0 Å². The molecular weight excluding hydrogens is 387 g/mol. The Labute approximate surface area is 181 Å². The van der Waals surface area contributed by atoms with Crippen LogP contribution in [0.15, 0.2) is 0 Å². The fraction of sp³-hybridized carbons (Fsp3) is 0.905. The van der Waals surface area contributed by atoms with Crippen LogP contribution in [0.3, 0.4) is 0 Å². The Morgan fingerprint density at radius 3 is 2.20 bits per heavy atom. The molecule has 2 rings (SSSR count). The maximum absolute atomic E-state index is 12.8. The van der Waals surface area contributed by atoms with Gasteiger partial charge < -0.3 is 24.1 Å². The van der Waals surface area contributed by atoms with E-state index in [-0.39, 0.29) is 30.3 Å². The average Bonchev–Trinajstić information content (AvgIpc) is 3.06. The van der Waals surface area contributed by atoms with Gasteiger partial charge in [0.05, 0.1) is 18.3 Å². The van der Waals surface area contributed by atoms with Crippen molar-refractivity contribution >= 4 is 19.2 Å². The zero-order chi connectivity index (χ0) is 22.9. The van der Waals surface area contributed by atoms with Gasteiger partial charge in [0.1, 0.15) is 11.6 Å². The summed E-state index contributed by atoms with van der Waals surface area (Å²) in [7, 11) is 2.92. The summed E-state index contributed by atoms with van der Waals surface area (Å²) in [6, 6.07) is -0.708. The highest BCUT2D eigenvalue weighted by Gasteiger charge is 2.52. The smallest absolute Gasteiger partial charge is 0.457 e. The predicted octanol–water partition coefficient (Wildman–Crippen LogP) is 2.86. The van der Waals surface area contributed by atoms with Gasteiger partial charge in [-0.2, -0.15) is 0 Å². The van der Waals surface area contributed by atoms with Crippen LogP contribution in [0.5, 0.6) is 0 Å². The number of nitrogens with one attached hydrogen (secondary N) is 1. The third-order valence-electron chi connectivity index (χ3n) is 6.37. The van der Waals surface area contributed by atoms with Crippen LogP contribution >= 0.6 is 0 Å². The van der Waals surface area contributed by atoms with E-state index in [2.05, 4.69) is 5.32 Å². The van der Waals surface area contributed by atoms with E-state index in [0.717, 1.165) is 19.2 Å². The van der Waals surface area contributed by atoms with Crippen molar-refractivity contribution in [2.24, 2.45) is 5.92 Å². The maximum atomic E-state index is 12.8. The SMILES string of the molecule is CN[C@H]1CN(C(=O)OC(C)(C)C)[C@H](C(=O)OC)[C@@H]1CCCB1OC(C)(C)C(C)(C)O1. The van der Waals surface area contributed by atoms with E-state index in [9.17, 15) is 9.59 Å². The Kier molecular flexibility index (Phi) is 7.52. The number of carbonyl (C=O) groups excluding carboxylic acids is 2. The summed E-state index contributed by atoms with van der Waals surface area (Å²) in [6.45, 7) is 14.0. The number of carbonyl (C=O) groups is 2. The summed E-state index contributed by atoms with van der Waals surface area (Å²) in [5.41, 5.74) is -1.36. The Bertz CT molecular complexity index is 617. The molecule has 0 spiro atoms. The van der Waals surface area contributed by atoms with Gasteiger partial charge in [0.15, 0.2) is 0 Å². The van der Waals surface area contributed by atoms with Crippen molar-refractivity contribution in [3.63, 3.8) is 0 Å². The lowest BCUT2D eigenvalue weighted by atomic mass is 9.79. The molecule has 0 bridgehead atoms. The number of likely N-dealkylation sites (N-methyl/N-ethyl adjacent to an activating group) is 1. The van der Waals surface area contributed by atoms with Crippen LogP contribution in [0.2, 0.25) is 6.32 Å². The van der Waals surface area contributed by atoms with Gasteiger partial charge in [0.2, 0.25) is 0 Å². The van der Waals surface area contributed by atoms with Gasteiger partial charge in [-0.15, -0.1) is 0 Å². The average molecular weight is 426 g/mol. The lowest BCUT2D eigenvalue weighted by Crippen LogP contribution is -2.46. The third kappa shape index (κ3) is 5.48. The first-order chi connectivity index (χ1) is 13.7. The summed E-state index contributed by atoms with van der Waals surface area (Å²) >= 11 is 0. The summed E-state index contributed by atoms with van der Waals surface area (Å²) < 4.78 is 22.7. The van der Waals surface area contributed by atoms with Crippen LogP contribution in [0, 0.1) is 5.92 Å². The lowest BCUT2D eigenvalue weighted by Gasteiger charge is -2.32. The number of hydrogen-bond donors (Lipinski definition) is 1. The highest BCUT2D eigenvalue weighted by molar-refractivity contribution is 6.45. The van der Waals surface area contributed by atoms with E-state index in [1.54, 1.807) is 0 Å². The number of rotatable bonds is 6. The monoisotopic (exact) mass is 426 g/mol. The molecular formula is C21H39BN2O6. The summed E-state index contributed by atoms with van der Waals surface area (Å²) in [4.78, 5) is 26.9. The van der Waals surface area contributed by atoms with E-state index < -0.39 is 23.7 Å². The summed E-state index contributed by atoms with van der Waals surface area (Å²) in [5, 5.41) is 3.26. The molecule has 2 fully saturated rings. The molecule has 0 aromatic heterocycles. The molecule has 0 unspecified atom stereocenters. The normalized spacial score (nSPS) is 28.0. The number of amides is 1. The molecule has 0 radical (unpaired) electrons. The molecule has 0 aromatic carbocycles. The van der Waals surface area contributed by atoms with E-state index in [4.69, 9.17) is 18.8 Å². The van der Waals surface area contributed by atoms with Gasteiger partial charge in [-0.05, 0) is 68.3 Å². The Hall–Kier alpha value is -1.32. The van der Waals surface area contributed by atoms with Gasteiger partial charge in [-0.1, -0.05) is 6.42 Å². The molecule has 0 aliphatic carbocycles. The van der Waals surface area contributed by atoms with E-state index >= 15 is 0 Å². The van der Waals surface area contributed by atoms with Crippen LogP contribution in [-0.4, -0.2) is 73.7 Å². The number of hydrogen-bond acceptors (Lipinski definition) is 7. The molecule has 2 heterocycles. The summed E-state index contributed by atoms with van der Waals surface area (Å²) in [5.74, 6) is -0.503. The van der Waals surface area contributed by atoms with E-state index in [1.165, 1.54) is 12.0 Å². The Morgan fingerprint density at radius 1 is 1.17 bits per heavy atom. The number of nitrogens with zero attached hydrogens (tertiary/aromatic N) is 1. The van der Waals surface area contributed by atoms with Crippen molar-refractivity contribution in [3.8, 4) is 0 Å². The van der Waals surface area contributed by atoms with Crippen molar-refractivity contribution < 1.29 is 28.4 Å². The van der Waals surface area contributed by atoms with Crippen LogP contribution in [0.4, 0.5) is 4.79 Å². The van der Waals surface area contributed by atoms with Crippen LogP contribution in [0.25, 0.3) is 0 Å². The maximum Gasteiger partial charge on any atom is 0.457 e. The molecule has 0 aromatic rings. The standard InChI is InChI=1S/C21H39BN2O6/c1-19(2,3)28-18(26)24-13-15(23-8)14(16(24)17(25)27-9)11-10-12-22-29-20(4,5)21(6,7)30-22/h14-16,23H,10-13H2,1-9H3/t14-,15+,16+/m1/s1. The van der Waals surface area contributed by atoms with Crippen molar-refractivity contribution in [3.05, 3.63) is 0 Å². The van der Waals surface area contributed by atoms with E-state index in [0.29, 0.717) is 6.54 Å². The molecule has 8 nitrogen and oxygen atoms in total. The second-order valence-electron chi connectivity index (χ2n) is 10.3. The van der Waals surface area contributed by atoms with Crippen molar-refractivity contribution in [2.45, 2.75) is 96.5 Å². The number of methoxy groups -OCH3 is 1. The fourth-order valence-electron chi connectivity index (χ4n) is 4.11. The first kappa shape index (κ1) is 24.9. The highest BCUT2D eigenvalue weighted by Crippen LogP contribution is 2.39. The zero-order valence-corrected chi connectivity index (χ0v) is 20.0. The van der Waals surface area contributed by atoms with E-state index in [1.807, 2.05) is 55.5 Å². The first-order valence-electron chi connectivity index (χ1n) is 10.8. The second-order valence-corrected chi connectivity index (χ2v) is 10.3. The van der Waals surface area contributed by atoms with Crippen molar-refractivity contribution in [2.75, 3.05) is 20.7 Å². The molecule has 172 valence electrons. The molecule has 1 amide bonds. The third-order valence-corrected chi connectivity index (χ3v) is 6.37. The van der Waals surface area contributed by atoms with Gasteiger partial charge in [0.25, 0.3) is 0 Å². The predicted molar refractivity (Wildman–Crippen MR) is 115 cm³/mol. The molecule has 2 aliphatic heterocycles. The summed E-state index contributed by atoms with van der Waals surface area (Å²) in [6.07, 6.45) is 1.76. The quantitative estimate of drug-likeness (QED) is 0.516. The minimum Gasteiger partial charge on any atom is -0.467 e. The number of ether oxygens (including phenoxy) is 2. The van der Waals surface area contributed by atoms with Gasteiger partial charge in [-0.25, -0.2) is 9.59 Å². The zero-order valence-electron chi connectivity index (χ0n) is 20.0. The highest BCUT2D eigenvalue weighted by atomic mass is 16.7. The molecule has 3 atom stereocenters. The minimum atomic E-state index is -0.680. The molecule has 30 heavy (non-hydrogen) atoms. The Balaban J connectivity index is 2.07. The van der Waals surface area contributed by atoms with Crippen LogP contribution < -0.4 is 5.32 Å². The largest absolute Gasteiger partial charge is 0.467 e. The van der Waals surface area contributed by atoms with Gasteiger partial charge in [0, 0.05) is 18.5 Å². The minimum absolute atomic E-state index is 0.0279.